The Morgan fingerprint density at radius 3 is 2.56 bits per heavy atom. The van der Waals surface area contributed by atoms with Crippen LogP contribution in [0, 0.1) is 12.0 Å². The summed E-state index contributed by atoms with van der Waals surface area (Å²) < 4.78 is 31.2. The number of hydrogen-bond donors (Lipinski definition) is 3. The van der Waals surface area contributed by atoms with Crippen LogP contribution in [0.1, 0.15) is 81.5 Å². The second-order valence-corrected chi connectivity index (χ2v) is 14.4. The molecule has 2 heterocycles. The Balaban J connectivity index is 1.77. The molecule has 210 valence electrons. The predicted molar refractivity (Wildman–Crippen MR) is 153 cm³/mol. The standard InChI is InChI=1S/C29H39N5O4S/c1-19-16-29(32-13-14-38-6,17-20(2)39(19,36)37)22-7-8-24(33-27(35)26-31-18-25(30-5)34-26)23(15-22)21-9-11-28(3,4)12-10-21/h7-9,15,18-20,32H,10-14,16-17H2,1-4,6H3,(H,31,34)(H,33,35). The van der Waals surface area contributed by atoms with Gasteiger partial charge in [-0.05, 0) is 74.6 Å². The van der Waals surface area contributed by atoms with Gasteiger partial charge >= 0.3 is 5.91 Å². The molecule has 1 aromatic carbocycles. The van der Waals surface area contributed by atoms with E-state index in [1.807, 2.05) is 12.1 Å². The number of carbonyl (C=O) groups excluding carboxylic acids is 1. The Bertz CT molecular complexity index is 1380. The van der Waals surface area contributed by atoms with E-state index < -0.39 is 31.8 Å². The average Bonchev–Trinajstić information content (AvgIpc) is 3.38. The van der Waals surface area contributed by atoms with Crippen molar-refractivity contribution in [2.75, 3.05) is 25.6 Å². The van der Waals surface area contributed by atoms with Crippen LogP contribution in [0.2, 0.25) is 0 Å². The summed E-state index contributed by atoms with van der Waals surface area (Å²) >= 11 is 0. The number of nitrogens with one attached hydrogen (secondary N) is 3. The highest BCUT2D eigenvalue weighted by molar-refractivity contribution is 7.92. The Hall–Kier alpha value is -3.00. The number of methoxy groups -OCH3 is 1. The number of rotatable bonds is 8. The van der Waals surface area contributed by atoms with Crippen molar-refractivity contribution in [3.05, 3.63) is 58.8 Å². The lowest BCUT2D eigenvalue weighted by Crippen LogP contribution is -2.54. The first kappa shape index (κ1) is 29.0. The molecule has 3 N–H and O–H groups in total. The van der Waals surface area contributed by atoms with Crippen LogP contribution in [0.3, 0.4) is 0 Å². The van der Waals surface area contributed by atoms with Gasteiger partial charge in [0.25, 0.3) is 5.82 Å². The fraction of sp³-hybridized carbons (Fsp3) is 0.552. The Labute approximate surface area is 231 Å². The molecule has 1 fully saturated rings. The number of benzene rings is 1. The largest absolute Gasteiger partial charge is 0.383 e. The van der Waals surface area contributed by atoms with Crippen LogP contribution in [0.5, 0.6) is 0 Å². The monoisotopic (exact) mass is 553 g/mol. The minimum absolute atomic E-state index is 0.0765. The molecule has 1 amide bonds. The van der Waals surface area contributed by atoms with Gasteiger partial charge in [0, 0.05) is 30.4 Å². The van der Waals surface area contributed by atoms with E-state index >= 15 is 0 Å². The van der Waals surface area contributed by atoms with E-state index in [0.717, 1.165) is 36.0 Å². The van der Waals surface area contributed by atoms with Crippen molar-refractivity contribution in [3.63, 3.8) is 0 Å². The van der Waals surface area contributed by atoms with Crippen LogP contribution < -0.4 is 10.6 Å². The molecule has 0 saturated carbocycles. The first-order chi connectivity index (χ1) is 18.4. The van der Waals surface area contributed by atoms with E-state index in [1.54, 1.807) is 21.0 Å². The van der Waals surface area contributed by atoms with Gasteiger partial charge in [0.05, 0.1) is 23.3 Å². The van der Waals surface area contributed by atoms with Gasteiger partial charge in [0.1, 0.15) is 0 Å². The quantitative estimate of drug-likeness (QED) is 0.305. The second-order valence-electron chi connectivity index (χ2n) is 11.7. The summed E-state index contributed by atoms with van der Waals surface area (Å²) in [6, 6.07) is 6.00. The number of carbonyl (C=O) groups is 1. The molecule has 1 aliphatic carbocycles. The van der Waals surface area contributed by atoms with Crippen LogP contribution in [-0.4, -0.2) is 55.1 Å². The van der Waals surface area contributed by atoms with Crippen molar-refractivity contribution in [2.24, 2.45) is 5.41 Å². The Morgan fingerprint density at radius 1 is 1.26 bits per heavy atom. The topological polar surface area (TPSA) is 118 Å². The zero-order valence-corrected chi connectivity index (χ0v) is 24.2. The first-order valence-corrected chi connectivity index (χ1v) is 15.1. The summed E-state index contributed by atoms with van der Waals surface area (Å²) in [5.41, 5.74) is 3.39. The third-order valence-corrected chi connectivity index (χ3v) is 10.8. The van der Waals surface area contributed by atoms with Crippen LogP contribution >= 0.6 is 0 Å². The number of nitrogens with zero attached hydrogens (tertiary/aromatic N) is 2. The number of imidazole rings is 1. The maximum atomic E-state index is 13.0. The molecule has 0 spiro atoms. The molecule has 39 heavy (non-hydrogen) atoms. The van der Waals surface area contributed by atoms with Crippen molar-refractivity contribution in [1.29, 1.82) is 0 Å². The molecule has 4 rings (SSSR count). The van der Waals surface area contributed by atoms with E-state index in [2.05, 4.69) is 51.4 Å². The summed E-state index contributed by atoms with van der Waals surface area (Å²) in [7, 11) is -1.57. The van der Waals surface area contributed by atoms with E-state index in [-0.39, 0.29) is 17.1 Å². The first-order valence-electron chi connectivity index (χ1n) is 13.5. The molecule has 0 bridgehead atoms. The fourth-order valence-corrected chi connectivity index (χ4v) is 7.60. The molecule has 2 aliphatic rings. The number of amides is 1. The molecule has 1 aliphatic heterocycles. The summed E-state index contributed by atoms with van der Waals surface area (Å²) in [6.45, 7) is 16.3. The Kier molecular flexibility index (Phi) is 8.36. The number of ether oxygens (including phenoxy) is 1. The molecular weight excluding hydrogens is 514 g/mol. The SMILES string of the molecule is [C-]#[N+]c1cnc(C(=O)Nc2ccc(C3(NCCOC)CC(C)S(=O)(=O)C(C)C3)cc2C2=CCC(C)(C)CC2)[nH]1. The normalized spacial score (nSPS) is 25.9. The van der Waals surface area contributed by atoms with Gasteiger partial charge in [-0.3, -0.25) is 9.78 Å². The molecule has 2 aromatic rings. The van der Waals surface area contributed by atoms with Gasteiger partial charge in [-0.25, -0.2) is 13.4 Å². The van der Waals surface area contributed by atoms with Crippen LogP contribution in [0.15, 0.2) is 30.5 Å². The molecule has 10 heteroatoms. The number of sulfone groups is 1. The molecular formula is C29H39N5O4S. The number of aromatic amines is 1. The Morgan fingerprint density at radius 2 is 1.97 bits per heavy atom. The van der Waals surface area contributed by atoms with Crippen molar-refractivity contribution in [3.8, 4) is 0 Å². The van der Waals surface area contributed by atoms with Gasteiger partial charge in [0.2, 0.25) is 5.82 Å². The highest BCUT2D eigenvalue weighted by atomic mass is 32.2. The number of aromatic nitrogens is 2. The molecule has 1 aromatic heterocycles. The lowest BCUT2D eigenvalue weighted by molar-refractivity contribution is 0.101. The van der Waals surface area contributed by atoms with Gasteiger partial charge in [-0.15, -0.1) is 0 Å². The van der Waals surface area contributed by atoms with Gasteiger partial charge < -0.3 is 20.2 Å². The maximum Gasteiger partial charge on any atom is 0.314 e. The number of allylic oxidation sites excluding steroid dienone is 2. The van der Waals surface area contributed by atoms with Crippen LogP contribution in [0.4, 0.5) is 11.5 Å². The van der Waals surface area contributed by atoms with Crippen molar-refractivity contribution in [1.82, 2.24) is 15.3 Å². The van der Waals surface area contributed by atoms with Crippen LogP contribution in [0.25, 0.3) is 10.4 Å². The maximum absolute atomic E-state index is 13.0. The van der Waals surface area contributed by atoms with Crippen LogP contribution in [-0.2, 0) is 20.1 Å². The van der Waals surface area contributed by atoms with Crippen molar-refractivity contribution in [2.45, 2.75) is 75.8 Å². The van der Waals surface area contributed by atoms with Crippen molar-refractivity contribution < 1.29 is 17.9 Å². The molecule has 1 saturated heterocycles. The second kappa shape index (κ2) is 11.2. The minimum Gasteiger partial charge on any atom is -0.383 e. The smallest absolute Gasteiger partial charge is 0.314 e. The molecule has 9 nitrogen and oxygen atoms in total. The van der Waals surface area contributed by atoms with E-state index in [4.69, 9.17) is 11.3 Å². The van der Waals surface area contributed by atoms with E-state index in [1.165, 1.54) is 6.20 Å². The zero-order chi connectivity index (χ0) is 28.4. The fourth-order valence-electron chi connectivity index (χ4n) is 5.77. The number of H-pyrrole nitrogens is 1. The van der Waals surface area contributed by atoms with Gasteiger partial charge in [-0.2, -0.15) is 0 Å². The predicted octanol–water partition coefficient (Wildman–Crippen LogP) is 5.22. The van der Waals surface area contributed by atoms with E-state index in [9.17, 15) is 13.2 Å². The highest BCUT2D eigenvalue weighted by Crippen LogP contribution is 2.44. The van der Waals surface area contributed by atoms with E-state index in [0.29, 0.717) is 31.7 Å². The average molecular weight is 554 g/mol. The molecule has 2 atom stereocenters. The van der Waals surface area contributed by atoms with Gasteiger partial charge in [-0.1, -0.05) is 32.6 Å². The summed E-state index contributed by atoms with van der Waals surface area (Å²) in [5, 5.41) is 5.65. The zero-order valence-electron chi connectivity index (χ0n) is 23.4. The lowest BCUT2D eigenvalue weighted by Gasteiger charge is -2.44. The molecule has 0 radical (unpaired) electrons. The summed E-state index contributed by atoms with van der Waals surface area (Å²) in [5.74, 6) is -0.144. The minimum atomic E-state index is -3.22. The third kappa shape index (κ3) is 6.11. The number of anilines is 1. The van der Waals surface area contributed by atoms with Gasteiger partial charge in [0.15, 0.2) is 9.84 Å². The number of hydrogen-bond acceptors (Lipinski definition) is 6. The third-order valence-electron chi connectivity index (χ3n) is 8.20. The molecule has 2 unspecified atom stereocenters. The highest BCUT2D eigenvalue weighted by Gasteiger charge is 2.47. The van der Waals surface area contributed by atoms with Crippen molar-refractivity contribution >= 4 is 32.8 Å². The summed E-state index contributed by atoms with van der Waals surface area (Å²) in [4.78, 5) is 23.1. The summed E-state index contributed by atoms with van der Waals surface area (Å²) in [6.07, 6.45) is 7.31. The lowest BCUT2D eigenvalue weighted by atomic mass is 9.75.